The molecule has 2 aromatic rings. The maximum atomic E-state index is 12.2. The highest BCUT2D eigenvalue weighted by atomic mass is 79.9. The van der Waals surface area contributed by atoms with Crippen molar-refractivity contribution in [1.29, 1.82) is 0 Å². The van der Waals surface area contributed by atoms with Crippen LogP contribution in [0.4, 0.5) is 0 Å². The summed E-state index contributed by atoms with van der Waals surface area (Å²) in [4.78, 5) is 37.5. The highest BCUT2D eigenvalue weighted by Gasteiger charge is 2.34. The molecular weight excluding hydrogens is 440 g/mol. The number of imide groups is 1. The number of carbonyl (C=O) groups excluding carboxylic acids is 3. The zero-order chi connectivity index (χ0) is 19.8. The molecule has 2 aromatic carbocycles. The summed E-state index contributed by atoms with van der Waals surface area (Å²) >= 11 is 3.14. The predicted molar refractivity (Wildman–Crippen MR) is 97.6 cm³/mol. The highest BCUT2D eigenvalue weighted by Crippen LogP contribution is 2.23. The molecule has 0 saturated carbocycles. The Labute approximate surface area is 163 Å². The van der Waals surface area contributed by atoms with Gasteiger partial charge in [-0.25, -0.2) is 18.4 Å². The molecule has 3 rings (SSSR count). The van der Waals surface area contributed by atoms with Crippen molar-refractivity contribution in [3.8, 4) is 0 Å². The Hall–Kier alpha value is -2.56. The number of carbonyl (C=O) groups is 3. The minimum Gasteiger partial charge on any atom is -0.460 e. The van der Waals surface area contributed by atoms with Crippen molar-refractivity contribution in [2.45, 2.75) is 4.90 Å². The van der Waals surface area contributed by atoms with E-state index in [0.29, 0.717) is 15.6 Å². The number of rotatable bonds is 5. The van der Waals surface area contributed by atoms with E-state index in [4.69, 9.17) is 9.88 Å². The second-order valence-electron chi connectivity index (χ2n) is 5.63. The summed E-state index contributed by atoms with van der Waals surface area (Å²) < 4.78 is 28.2. The number of hydrogen-bond acceptors (Lipinski definition) is 6. The fourth-order valence-corrected chi connectivity index (χ4v) is 3.54. The van der Waals surface area contributed by atoms with E-state index in [1.807, 2.05) is 0 Å². The number of hydrogen-bond donors (Lipinski definition) is 1. The van der Waals surface area contributed by atoms with Gasteiger partial charge in [-0.3, -0.25) is 14.5 Å². The van der Waals surface area contributed by atoms with Crippen LogP contribution in [0, 0.1) is 0 Å². The lowest BCUT2D eigenvalue weighted by atomic mass is 10.1. The Morgan fingerprint density at radius 2 is 1.67 bits per heavy atom. The van der Waals surface area contributed by atoms with Crippen molar-refractivity contribution in [3.05, 3.63) is 63.6 Å². The van der Waals surface area contributed by atoms with E-state index in [0.717, 1.165) is 11.0 Å². The fourth-order valence-electron chi connectivity index (χ4n) is 2.59. The molecule has 0 fully saturated rings. The lowest BCUT2D eigenvalue weighted by Gasteiger charge is -2.14. The topological polar surface area (TPSA) is 124 Å². The number of nitrogens with zero attached hydrogens (tertiary/aromatic N) is 1. The van der Waals surface area contributed by atoms with Gasteiger partial charge in [0, 0.05) is 4.47 Å². The number of fused-ring (bicyclic) bond motifs is 1. The summed E-state index contributed by atoms with van der Waals surface area (Å²) in [5.74, 6) is -1.72. The van der Waals surface area contributed by atoms with Gasteiger partial charge in [0.15, 0.2) is 0 Å². The van der Waals surface area contributed by atoms with Crippen LogP contribution in [0.3, 0.4) is 0 Å². The molecule has 0 bridgehead atoms. The zero-order valence-corrected chi connectivity index (χ0v) is 16.1. The number of halogens is 1. The first-order valence-corrected chi connectivity index (χ1v) is 9.99. The number of amides is 2. The fraction of sp³-hybridized carbons (Fsp3) is 0.118. The van der Waals surface area contributed by atoms with Gasteiger partial charge in [-0.1, -0.05) is 12.1 Å². The molecular formula is C17H13BrN2O6S. The van der Waals surface area contributed by atoms with E-state index in [2.05, 4.69) is 15.9 Å². The van der Waals surface area contributed by atoms with Crippen LogP contribution in [0.25, 0.3) is 0 Å². The van der Waals surface area contributed by atoms with E-state index in [-0.39, 0.29) is 23.6 Å². The van der Waals surface area contributed by atoms with E-state index >= 15 is 0 Å². The Kier molecular flexibility index (Phi) is 5.13. The largest absolute Gasteiger partial charge is 0.460 e. The van der Waals surface area contributed by atoms with E-state index in [1.165, 1.54) is 12.1 Å². The molecule has 0 unspecified atom stereocenters. The smallest absolute Gasteiger partial charge is 0.339 e. The number of esters is 1. The molecule has 8 nitrogen and oxygen atoms in total. The molecule has 140 valence electrons. The first-order chi connectivity index (χ1) is 12.7. The molecule has 0 aromatic heterocycles. The van der Waals surface area contributed by atoms with Crippen LogP contribution in [-0.2, 0) is 14.8 Å². The van der Waals surface area contributed by atoms with E-state index < -0.39 is 27.8 Å². The first kappa shape index (κ1) is 19.2. The summed E-state index contributed by atoms with van der Waals surface area (Å²) in [6.45, 7) is -0.360. The lowest BCUT2D eigenvalue weighted by Crippen LogP contribution is -2.33. The van der Waals surface area contributed by atoms with Crippen LogP contribution in [0.2, 0.25) is 0 Å². The highest BCUT2D eigenvalue weighted by molar-refractivity contribution is 9.10. The molecule has 0 atom stereocenters. The Balaban J connectivity index is 1.68. The predicted octanol–water partition coefficient (Wildman–Crippen LogP) is 1.55. The normalized spacial score (nSPS) is 13.6. The van der Waals surface area contributed by atoms with Gasteiger partial charge in [0.05, 0.1) is 28.1 Å². The lowest BCUT2D eigenvalue weighted by molar-refractivity contribution is 0.0419. The molecule has 0 radical (unpaired) electrons. The average molecular weight is 453 g/mol. The van der Waals surface area contributed by atoms with Gasteiger partial charge in [-0.2, -0.15) is 0 Å². The van der Waals surface area contributed by atoms with Gasteiger partial charge < -0.3 is 4.74 Å². The number of nitrogens with two attached hydrogens (primary N) is 1. The van der Waals surface area contributed by atoms with Gasteiger partial charge in [0.25, 0.3) is 11.8 Å². The number of sulfonamides is 1. The number of primary sulfonamides is 1. The maximum absolute atomic E-state index is 12.2. The second kappa shape index (κ2) is 7.22. The standard InChI is InChI=1S/C17H13BrN2O6S/c18-14-6-5-10(27(19,24)25)9-13(14)17(23)26-8-7-20-15(21)11-3-1-2-4-12(11)16(20)22/h1-6,9H,7-8H2,(H2,19,24,25). The van der Waals surface area contributed by atoms with Crippen LogP contribution >= 0.6 is 15.9 Å². The molecule has 10 heteroatoms. The van der Waals surface area contributed by atoms with Crippen molar-refractivity contribution in [2.24, 2.45) is 5.14 Å². The molecule has 1 heterocycles. The summed E-state index contributed by atoms with van der Waals surface area (Å²) in [5.41, 5.74) is 0.568. The molecule has 2 N–H and O–H groups in total. The minimum atomic E-state index is -3.98. The quantitative estimate of drug-likeness (QED) is 0.541. The molecule has 1 aliphatic rings. The summed E-state index contributed by atoms with van der Waals surface area (Å²) in [6, 6.07) is 10.1. The van der Waals surface area contributed by atoms with Crippen molar-refractivity contribution in [3.63, 3.8) is 0 Å². The third-order valence-corrected chi connectivity index (χ3v) is 5.52. The monoisotopic (exact) mass is 452 g/mol. The Morgan fingerprint density at radius 3 is 2.22 bits per heavy atom. The summed E-state index contributed by atoms with van der Waals surface area (Å²) in [5, 5.41) is 5.05. The number of ether oxygens (including phenoxy) is 1. The maximum Gasteiger partial charge on any atom is 0.339 e. The van der Waals surface area contributed by atoms with Crippen molar-refractivity contribution >= 4 is 43.7 Å². The second-order valence-corrected chi connectivity index (χ2v) is 8.05. The SMILES string of the molecule is NS(=O)(=O)c1ccc(Br)c(C(=O)OCCN2C(=O)c3ccccc3C2=O)c1. The van der Waals surface area contributed by atoms with Crippen molar-refractivity contribution < 1.29 is 27.5 Å². The van der Waals surface area contributed by atoms with E-state index in [1.54, 1.807) is 24.3 Å². The third-order valence-electron chi connectivity index (χ3n) is 3.91. The van der Waals surface area contributed by atoms with Crippen LogP contribution < -0.4 is 5.14 Å². The van der Waals surface area contributed by atoms with Gasteiger partial charge >= 0.3 is 5.97 Å². The minimum absolute atomic E-state index is 0.0381. The van der Waals surface area contributed by atoms with Crippen LogP contribution in [0.1, 0.15) is 31.1 Å². The average Bonchev–Trinajstić information content (AvgIpc) is 2.86. The zero-order valence-electron chi connectivity index (χ0n) is 13.7. The molecule has 2 amide bonds. The van der Waals surface area contributed by atoms with Crippen LogP contribution in [0.5, 0.6) is 0 Å². The Morgan fingerprint density at radius 1 is 1.07 bits per heavy atom. The molecule has 1 aliphatic heterocycles. The number of benzene rings is 2. The van der Waals surface area contributed by atoms with E-state index in [9.17, 15) is 22.8 Å². The van der Waals surface area contributed by atoms with Gasteiger partial charge in [-0.15, -0.1) is 0 Å². The summed E-state index contributed by atoms with van der Waals surface area (Å²) in [6.07, 6.45) is 0. The molecule has 0 saturated heterocycles. The van der Waals surface area contributed by atoms with Gasteiger partial charge in [0.1, 0.15) is 6.61 Å². The van der Waals surface area contributed by atoms with Crippen LogP contribution in [0.15, 0.2) is 51.8 Å². The Bertz CT molecular complexity index is 1030. The molecule has 0 spiro atoms. The van der Waals surface area contributed by atoms with Gasteiger partial charge in [-0.05, 0) is 46.3 Å². The third kappa shape index (κ3) is 3.77. The van der Waals surface area contributed by atoms with Crippen LogP contribution in [-0.4, -0.2) is 44.3 Å². The van der Waals surface area contributed by atoms with Gasteiger partial charge in [0.2, 0.25) is 10.0 Å². The van der Waals surface area contributed by atoms with Crippen molar-refractivity contribution in [1.82, 2.24) is 4.90 Å². The summed E-state index contributed by atoms with van der Waals surface area (Å²) in [7, 11) is -3.98. The van der Waals surface area contributed by atoms with Crippen molar-refractivity contribution in [2.75, 3.05) is 13.2 Å². The molecule has 27 heavy (non-hydrogen) atoms. The molecule has 0 aliphatic carbocycles. The first-order valence-electron chi connectivity index (χ1n) is 7.65.